The second-order valence-electron chi connectivity index (χ2n) is 6.07. The van der Waals surface area contributed by atoms with Gasteiger partial charge in [-0.05, 0) is 43.9 Å². The van der Waals surface area contributed by atoms with Crippen LogP contribution in [0.5, 0.6) is 0 Å². The van der Waals surface area contributed by atoms with Crippen molar-refractivity contribution in [3.8, 4) is 0 Å². The summed E-state index contributed by atoms with van der Waals surface area (Å²) in [5.41, 5.74) is 0.474. The SMILES string of the molecule is Cc1nnc([C@H]2CC[C@H](C(C)(C)C)CC2)s1. The smallest absolute Gasteiger partial charge is 0.120 e. The number of aromatic nitrogens is 2. The topological polar surface area (TPSA) is 25.8 Å². The number of hydrogen-bond donors (Lipinski definition) is 0. The largest absolute Gasteiger partial charge is 0.144 e. The molecule has 0 aliphatic heterocycles. The molecular formula is C13H22N2S. The fraction of sp³-hybridized carbons (Fsp3) is 0.846. The van der Waals surface area contributed by atoms with Gasteiger partial charge in [-0.2, -0.15) is 0 Å². The van der Waals surface area contributed by atoms with Crippen molar-refractivity contribution >= 4 is 11.3 Å². The lowest BCUT2D eigenvalue weighted by molar-refractivity contribution is 0.169. The Hall–Kier alpha value is -0.440. The second-order valence-corrected chi connectivity index (χ2v) is 7.29. The van der Waals surface area contributed by atoms with E-state index < -0.39 is 0 Å². The molecule has 0 N–H and O–H groups in total. The first-order valence-electron chi connectivity index (χ1n) is 6.27. The molecule has 0 atom stereocenters. The van der Waals surface area contributed by atoms with E-state index in [1.165, 1.54) is 30.7 Å². The average molecular weight is 238 g/mol. The number of hydrogen-bond acceptors (Lipinski definition) is 3. The van der Waals surface area contributed by atoms with Gasteiger partial charge < -0.3 is 0 Å². The van der Waals surface area contributed by atoms with Crippen LogP contribution in [0.25, 0.3) is 0 Å². The maximum absolute atomic E-state index is 4.30. The summed E-state index contributed by atoms with van der Waals surface area (Å²) in [6.07, 6.45) is 5.31. The second kappa shape index (κ2) is 4.44. The molecule has 0 unspecified atom stereocenters. The lowest BCUT2D eigenvalue weighted by Gasteiger charge is -2.36. The Labute approximate surface area is 102 Å². The van der Waals surface area contributed by atoms with E-state index in [-0.39, 0.29) is 0 Å². The van der Waals surface area contributed by atoms with Crippen LogP contribution in [0, 0.1) is 18.3 Å². The third-order valence-electron chi connectivity index (χ3n) is 3.84. The molecule has 1 aliphatic rings. The first-order chi connectivity index (χ1) is 7.47. The molecule has 1 heterocycles. The van der Waals surface area contributed by atoms with Gasteiger partial charge in [-0.15, -0.1) is 21.5 Å². The van der Waals surface area contributed by atoms with Gasteiger partial charge in [-0.1, -0.05) is 20.8 Å². The van der Waals surface area contributed by atoms with Crippen molar-refractivity contribution in [3.05, 3.63) is 10.0 Å². The molecule has 0 spiro atoms. The van der Waals surface area contributed by atoms with Crippen LogP contribution in [-0.2, 0) is 0 Å². The third kappa shape index (κ3) is 2.62. The summed E-state index contributed by atoms with van der Waals surface area (Å²) in [4.78, 5) is 0. The molecule has 90 valence electrons. The van der Waals surface area contributed by atoms with Crippen LogP contribution in [-0.4, -0.2) is 10.2 Å². The maximum Gasteiger partial charge on any atom is 0.120 e. The Morgan fingerprint density at radius 1 is 1.06 bits per heavy atom. The highest BCUT2D eigenvalue weighted by Crippen LogP contribution is 2.43. The zero-order valence-corrected chi connectivity index (χ0v) is 11.6. The van der Waals surface area contributed by atoms with Gasteiger partial charge in [0.05, 0.1) is 0 Å². The minimum atomic E-state index is 0.474. The zero-order valence-electron chi connectivity index (χ0n) is 10.8. The van der Waals surface area contributed by atoms with Crippen LogP contribution in [0.1, 0.15) is 62.4 Å². The Morgan fingerprint density at radius 3 is 2.12 bits per heavy atom. The minimum absolute atomic E-state index is 0.474. The Balaban J connectivity index is 1.95. The van der Waals surface area contributed by atoms with Crippen molar-refractivity contribution in [2.75, 3.05) is 0 Å². The van der Waals surface area contributed by atoms with Crippen molar-refractivity contribution in [1.29, 1.82) is 0 Å². The normalized spacial score (nSPS) is 27.0. The molecule has 0 aromatic carbocycles. The van der Waals surface area contributed by atoms with Gasteiger partial charge >= 0.3 is 0 Å². The summed E-state index contributed by atoms with van der Waals surface area (Å²) in [7, 11) is 0. The highest BCUT2D eigenvalue weighted by Gasteiger charge is 2.31. The molecule has 0 radical (unpaired) electrons. The molecule has 1 fully saturated rings. The monoisotopic (exact) mass is 238 g/mol. The fourth-order valence-electron chi connectivity index (χ4n) is 2.68. The molecule has 2 nitrogen and oxygen atoms in total. The van der Waals surface area contributed by atoms with Crippen molar-refractivity contribution in [3.63, 3.8) is 0 Å². The molecule has 0 saturated heterocycles. The van der Waals surface area contributed by atoms with Gasteiger partial charge in [0.2, 0.25) is 0 Å². The number of nitrogens with zero attached hydrogens (tertiary/aromatic N) is 2. The van der Waals surface area contributed by atoms with E-state index >= 15 is 0 Å². The first-order valence-corrected chi connectivity index (χ1v) is 7.08. The Bertz CT molecular complexity index is 343. The predicted molar refractivity (Wildman–Crippen MR) is 68.8 cm³/mol. The summed E-state index contributed by atoms with van der Waals surface area (Å²) in [5, 5.41) is 10.8. The van der Waals surface area contributed by atoms with Crippen molar-refractivity contribution in [1.82, 2.24) is 10.2 Å². The highest BCUT2D eigenvalue weighted by atomic mass is 32.1. The molecule has 16 heavy (non-hydrogen) atoms. The summed E-state index contributed by atoms with van der Waals surface area (Å²) in [5.74, 6) is 1.57. The highest BCUT2D eigenvalue weighted by molar-refractivity contribution is 7.11. The van der Waals surface area contributed by atoms with Gasteiger partial charge in [-0.25, -0.2) is 0 Å². The van der Waals surface area contributed by atoms with Crippen LogP contribution >= 0.6 is 11.3 Å². The van der Waals surface area contributed by atoms with Gasteiger partial charge in [0, 0.05) is 5.92 Å². The lowest BCUT2D eigenvalue weighted by atomic mass is 9.70. The quantitative estimate of drug-likeness (QED) is 0.734. The maximum atomic E-state index is 4.30. The molecule has 3 heteroatoms. The van der Waals surface area contributed by atoms with E-state index in [0.29, 0.717) is 11.3 Å². The fourth-order valence-corrected chi connectivity index (χ4v) is 3.55. The van der Waals surface area contributed by atoms with Gasteiger partial charge in [-0.3, -0.25) is 0 Å². The zero-order chi connectivity index (χ0) is 11.8. The van der Waals surface area contributed by atoms with Crippen LogP contribution in [0.3, 0.4) is 0 Å². The van der Waals surface area contributed by atoms with Gasteiger partial charge in [0.15, 0.2) is 0 Å². The summed E-state index contributed by atoms with van der Waals surface area (Å²) in [6.45, 7) is 9.15. The molecule has 1 saturated carbocycles. The van der Waals surface area contributed by atoms with E-state index in [1.54, 1.807) is 11.3 Å². The van der Waals surface area contributed by atoms with Crippen LogP contribution in [0.15, 0.2) is 0 Å². The Kier molecular flexibility index (Phi) is 3.34. The summed E-state index contributed by atoms with van der Waals surface area (Å²) >= 11 is 1.78. The number of aryl methyl sites for hydroxylation is 1. The lowest BCUT2D eigenvalue weighted by Crippen LogP contribution is -2.25. The molecule has 1 aromatic heterocycles. The molecule has 1 aromatic rings. The van der Waals surface area contributed by atoms with Crippen LogP contribution in [0.2, 0.25) is 0 Å². The standard InChI is InChI=1S/C13H22N2S/c1-9-14-15-12(16-9)10-5-7-11(8-6-10)13(2,3)4/h10-11H,5-8H2,1-4H3/t10-,11-. The summed E-state index contributed by atoms with van der Waals surface area (Å²) < 4.78 is 0. The van der Waals surface area contributed by atoms with E-state index in [2.05, 4.69) is 31.0 Å². The van der Waals surface area contributed by atoms with E-state index in [1.807, 2.05) is 6.92 Å². The summed E-state index contributed by atoms with van der Waals surface area (Å²) in [6, 6.07) is 0. The van der Waals surface area contributed by atoms with Crippen molar-refractivity contribution in [2.45, 2.75) is 59.3 Å². The molecular weight excluding hydrogens is 216 g/mol. The van der Waals surface area contributed by atoms with E-state index in [0.717, 1.165) is 10.9 Å². The van der Waals surface area contributed by atoms with Crippen molar-refractivity contribution in [2.24, 2.45) is 11.3 Å². The molecule has 2 rings (SSSR count). The van der Waals surface area contributed by atoms with E-state index in [9.17, 15) is 0 Å². The average Bonchev–Trinajstić information content (AvgIpc) is 2.64. The molecule has 1 aliphatic carbocycles. The first kappa shape index (κ1) is 12.0. The van der Waals surface area contributed by atoms with Gasteiger partial charge in [0.1, 0.15) is 10.0 Å². The number of rotatable bonds is 1. The molecule has 0 amide bonds. The Morgan fingerprint density at radius 2 is 1.69 bits per heavy atom. The third-order valence-corrected chi connectivity index (χ3v) is 4.84. The molecule has 0 bridgehead atoms. The van der Waals surface area contributed by atoms with Crippen LogP contribution in [0.4, 0.5) is 0 Å². The van der Waals surface area contributed by atoms with E-state index in [4.69, 9.17) is 0 Å². The van der Waals surface area contributed by atoms with Crippen molar-refractivity contribution < 1.29 is 0 Å². The predicted octanol–water partition coefficient (Wildman–Crippen LogP) is 4.17. The van der Waals surface area contributed by atoms with Gasteiger partial charge in [0.25, 0.3) is 0 Å². The minimum Gasteiger partial charge on any atom is -0.144 e. The van der Waals surface area contributed by atoms with Crippen LogP contribution < -0.4 is 0 Å².